The van der Waals surface area contributed by atoms with Gasteiger partial charge in [-0.05, 0) is 24.3 Å². The van der Waals surface area contributed by atoms with Gasteiger partial charge in [0.1, 0.15) is 18.1 Å². The molecule has 3 amide bonds. The van der Waals surface area contributed by atoms with Gasteiger partial charge in [0.2, 0.25) is 17.7 Å². The summed E-state index contributed by atoms with van der Waals surface area (Å²) in [6.07, 6.45) is 2.38. The molecule has 0 bridgehead atoms. The fraction of sp³-hybridized carbons (Fsp3) is 0.769. The molecule has 1 aliphatic rings. The van der Waals surface area contributed by atoms with Crippen LogP contribution in [0, 0.1) is 5.92 Å². The van der Waals surface area contributed by atoms with Crippen LogP contribution in [-0.2, 0) is 14.4 Å². The summed E-state index contributed by atoms with van der Waals surface area (Å²) in [5.74, 6) is -0.794. The molecule has 0 saturated carbocycles. The molecule has 1 aliphatic heterocycles. The summed E-state index contributed by atoms with van der Waals surface area (Å²) >= 11 is 1.57. The fourth-order valence-corrected chi connectivity index (χ4v) is 2.49. The lowest BCUT2D eigenvalue weighted by Crippen LogP contribution is -2.53. The Balaban J connectivity index is 2.99. The molecule has 1 saturated heterocycles. The standard InChI is InChI=1S/C13H23N3O4S/c1-7(2)10-13(20)15-9(6-17)12(19)14-8(4-5-21-3)11(18)16-10/h7-10,17H,4-6H2,1-3H3,(H,14,19)(H,15,20)(H,16,18)/t8-,9-,10-/m0/s1. The van der Waals surface area contributed by atoms with Gasteiger partial charge in [-0.1, -0.05) is 13.8 Å². The van der Waals surface area contributed by atoms with Crippen LogP contribution in [0.3, 0.4) is 0 Å². The van der Waals surface area contributed by atoms with Crippen molar-refractivity contribution in [1.29, 1.82) is 0 Å². The van der Waals surface area contributed by atoms with Crippen LogP contribution in [0.25, 0.3) is 0 Å². The quantitative estimate of drug-likeness (QED) is 0.512. The summed E-state index contributed by atoms with van der Waals surface area (Å²) in [5.41, 5.74) is 0. The number of hydrogen-bond donors (Lipinski definition) is 4. The molecule has 0 spiro atoms. The zero-order valence-electron chi connectivity index (χ0n) is 12.5. The third kappa shape index (κ3) is 4.89. The highest BCUT2D eigenvalue weighted by Crippen LogP contribution is 2.08. The van der Waals surface area contributed by atoms with E-state index in [0.29, 0.717) is 12.2 Å². The Morgan fingerprint density at radius 3 is 2.14 bits per heavy atom. The lowest BCUT2D eigenvalue weighted by atomic mass is 10.0. The van der Waals surface area contributed by atoms with E-state index >= 15 is 0 Å². The maximum Gasteiger partial charge on any atom is 0.245 e. The van der Waals surface area contributed by atoms with Crippen LogP contribution in [0.5, 0.6) is 0 Å². The maximum absolute atomic E-state index is 12.2. The molecule has 21 heavy (non-hydrogen) atoms. The lowest BCUT2D eigenvalue weighted by Gasteiger charge is -2.22. The van der Waals surface area contributed by atoms with E-state index in [1.165, 1.54) is 0 Å². The third-order valence-corrected chi connectivity index (χ3v) is 3.95. The molecular weight excluding hydrogens is 294 g/mol. The normalized spacial score (nSPS) is 27.3. The van der Waals surface area contributed by atoms with Gasteiger partial charge in [-0.2, -0.15) is 11.8 Å². The Hall–Kier alpha value is -1.28. The molecule has 0 aliphatic carbocycles. The molecule has 120 valence electrons. The molecule has 0 radical (unpaired) electrons. The van der Waals surface area contributed by atoms with Crippen molar-refractivity contribution in [2.45, 2.75) is 38.4 Å². The number of nitrogens with one attached hydrogen (secondary N) is 3. The molecule has 1 fully saturated rings. The van der Waals surface area contributed by atoms with Gasteiger partial charge in [0.25, 0.3) is 0 Å². The summed E-state index contributed by atoms with van der Waals surface area (Å²) < 4.78 is 0. The van der Waals surface area contributed by atoms with E-state index in [0.717, 1.165) is 0 Å². The van der Waals surface area contributed by atoms with Crippen molar-refractivity contribution in [2.24, 2.45) is 5.92 Å². The summed E-state index contributed by atoms with van der Waals surface area (Å²) in [5, 5.41) is 17.0. The van der Waals surface area contributed by atoms with Crippen LogP contribution < -0.4 is 16.0 Å². The van der Waals surface area contributed by atoms with Crippen LogP contribution in [-0.4, -0.2) is 59.6 Å². The van der Waals surface area contributed by atoms with Crippen molar-refractivity contribution >= 4 is 29.5 Å². The van der Waals surface area contributed by atoms with Crippen molar-refractivity contribution in [3.05, 3.63) is 0 Å². The predicted octanol–water partition coefficient (Wildman–Crippen LogP) is -1.14. The van der Waals surface area contributed by atoms with E-state index in [1.807, 2.05) is 20.1 Å². The highest BCUT2D eigenvalue weighted by Gasteiger charge is 2.34. The van der Waals surface area contributed by atoms with Gasteiger partial charge < -0.3 is 21.1 Å². The Bertz CT molecular complexity index is 403. The first-order valence-electron chi connectivity index (χ1n) is 6.91. The maximum atomic E-state index is 12.2. The molecule has 7 nitrogen and oxygen atoms in total. The topological polar surface area (TPSA) is 108 Å². The van der Waals surface area contributed by atoms with E-state index in [1.54, 1.807) is 11.8 Å². The van der Waals surface area contributed by atoms with Crippen LogP contribution in [0.1, 0.15) is 20.3 Å². The number of thioether (sulfide) groups is 1. The molecule has 4 N–H and O–H groups in total. The summed E-state index contributed by atoms with van der Waals surface area (Å²) in [4.78, 5) is 36.4. The number of carbonyl (C=O) groups excluding carboxylic acids is 3. The van der Waals surface area contributed by atoms with E-state index in [-0.39, 0.29) is 11.8 Å². The Morgan fingerprint density at radius 1 is 1.05 bits per heavy atom. The Morgan fingerprint density at radius 2 is 1.62 bits per heavy atom. The van der Waals surface area contributed by atoms with Crippen LogP contribution in [0.4, 0.5) is 0 Å². The van der Waals surface area contributed by atoms with Crippen LogP contribution >= 0.6 is 11.8 Å². The molecule has 0 aromatic heterocycles. The highest BCUT2D eigenvalue weighted by molar-refractivity contribution is 7.98. The minimum Gasteiger partial charge on any atom is -0.394 e. The van der Waals surface area contributed by atoms with Crippen molar-refractivity contribution in [3.8, 4) is 0 Å². The van der Waals surface area contributed by atoms with Gasteiger partial charge in [0.05, 0.1) is 6.61 Å². The highest BCUT2D eigenvalue weighted by atomic mass is 32.2. The van der Waals surface area contributed by atoms with Gasteiger partial charge >= 0.3 is 0 Å². The van der Waals surface area contributed by atoms with E-state index in [9.17, 15) is 19.5 Å². The number of hydrogen-bond acceptors (Lipinski definition) is 5. The fourth-order valence-electron chi connectivity index (χ4n) is 2.02. The Kier molecular flexibility index (Phi) is 6.97. The van der Waals surface area contributed by atoms with Gasteiger partial charge in [-0.15, -0.1) is 0 Å². The number of rotatable bonds is 5. The van der Waals surface area contributed by atoms with E-state index < -0.39 is 36.5 Å². The molecule has 1 heterocycles. The molecule has 0 unspecified atom stereocenters. The van der Waals surface area contributed by atoms with Gasteiger partial charge in [-0.3, -0.25) is 14.4 Å². The third-order valence-electron chi connectivity index (χ3n) is 3.31. The minimum atomic E-state index is -1.04. The molecule has 8 heteroatoms. The smallest absolute Gasteiger partial charge is 0.245 e. The van der Waals surface area contributed by atoms with Gasteiger partial charge in [0, 0.05) is 0 Å². The number of aliphatic hydroxyl groups excluding tert-OH is 1. The number of aliphatic hydroxyl groups is 1. The van der Waals surface area contributed by atoms with Crippen molar-refractivity contribution in [2.75, 3.05) is 18.6 Å². The average molecular weight is 317 g/mol. The molecule has 0 aromatic carbocycles. The summed E-state index contributed by atoms with van der Waals surface area (Å²) in [6.45, 7) is 3.11. The molecule has 1 rings (SSSR count). The van der Waals surface area contributed by atoms with Crippen molar-refractivity contribution in [3.63, 3.8) is 0 Å². The largest absolute Gasteiger partial charge is 0.394 e. The van der Waals surface area contributed by atoms with Crippen LogP contribution in [0.15, 0.2) is 0 Å². The summed E-state index contributed by atoms with van der Waals surface area (Å²) in [6, 6.07) is -2.47. The number of carbonyl (C=O) groups is 3. The second kappa shape index (κ2) is 8.23. The second-order valence-corrected chi connectivity index (χ2v) is 6.30. The monoisotopic (exact) mass is 317 g/mol. The first-order valence-corrected chi connectivity index (χ1v) is 8.31. The lowest BCUT2D eigenvalue weighted by molar-refractivity contribution is -0.131. The second-order valence-electron chi connectivity index (χ2n) is 5.32. The zero-order valence-corrected chi connectivity index (χ0v) is 13.3. The first kappa shape index (κ1) is 17.8. The van der Waals surface area contributed by atoms with Gasteiger partial charge in [0.15, 0.2) is 0 Å². The van der Waals surface area contributed by atoms with Gasteiger partial charge in [-0.25, -0.2) is 0 Å². The predicted molar refractivity (Wildman–Crippen MR) is 80.7 cm³/mol. The SMILES string of the molecule is CSCC[C@@H]1NC(=O)[C@H](CO)NC(=O)[C@H](C(C)C)NC1=O. The Labute approximate surface area is 128 Å². The summed E-state index contributed by atoms with van der Waals surface area (Å²) in [7, 11) is 0. The average Bonchev–Trinajstić information content (AvgIpc) is 2.48. The zero-order chi connectivity index (χ0) is 16.0. The first-order chi connectivity index (χ1) is 9.90. The molecule has 3 atom stereocenters. The molecule has 0 aromatic rings. The van der Waals surface area contributed by atoms with Crippen molar-refractivity contribution in [1.82, 2.24) is 16.0 Å². The van der Waals surface area contributed by atoms with E-state index in [4.69, 9.17) is 0 Å². The number of amides is 3. The molecular formula is C13H23N3O4S. The van der Waals surface area contributed by atoms with E-state index in [2.05, 4.69) is 16.0 Å². The van der Waals surface area contributed by atoms with Crippen LogP contribution in [0.2, 0.25) is 0 Å². The van der Waals surface area contributed by atoms with Crippen molar-refractivity contribution < 1.29 is 19.5 Å². The minimum absolute atomic E-state index is 0.123.